The minimum atomic E-state index is -4.35. The maximum Gasteiger partial charge on any atom is 0.416 e. The summed E-state index contributed by atoms with van der Waals surface area (Å²) in [7, 11) is 0. The Morgan fingerprint density at radius 3 is 2.60 bits per heavy atom. The molecule has 1 fully saturated rings. The molecule has 1 aliphatic rings. The summed E-state index contributed by atoms with van der Waals surface area (Å²) in [6.07, 6.45) is -3.28. The van der Waals surface area contributed by atoms with Crippen LogP contribution in [0.2, 0.25) is 0 Å². The first kappa shape index (κ1) is 15.2. The minimum Gasteiger partial charge on any atom is -0.399 e. The van der Waals surface area contributed by atoms with Gasteiger partial charge in [0.25, 0.3) is 0 Å². The molecule has 1 unspecified atom stereocenters. The number of nitrogens with two attached hydrogens (primary N) is 1. The van der Waals surface area contributed by atoms with E-state index < -0.39 is 11.7 Å². The SMILES string of the molecule is CC(C)C1CCN(Cc2ccc(N)cc2C(F)(F)F)C1. The van der Waals surface area contributed by atoms with Gasteiger partial charge in [-0.05, 0) is 42.5 Å². The number of likely N-dealkylation sites (tertiary alicyclic amines) is 1. The monoisotopic (exact) mass is 286 g/mol. The summed E-state index contributed by atoms with van der Waals surface area (Å²) < 4.78 is 39.1. The number of anilines is 1. The Morgan fingerprint density at radius 1 is 1.35 bits per heavy atom. The molecule has 0 aromatic heterocycles. The van der Waals surface area contributed by atoms with Crippen molar-refractivity contribution < 1.29 is 13.2 Å². The Labute approximate surface area is 117 Å². The largest absolute Gasteiger partial charge is 0.416 e. The van der Waals surface area contributed by atoms with E-state index in [4.69, 9.17) is 5.73 Å². The number of halogens is 3. The number of hydrogen-bond acceptors (Lipinski definition) is 2. The fourth-order valence-electron chi connectivity index (χ4n) is 2.79. The standard InChI is InChI=1S/C15H21F3N2/c1-10(2)11-5-6-20(8-11)9-12-3-4-13(19)7-14(12)15(16,17)18/h3-4,7,10-11H,5-6,8-9,19H2,1-2H3. The normalized spacial score (nSPS) is 20.8. The first-order valence-corrected chi connectivity index (χ1v) is 6.95. The van der Waals surface area contributed by atoms with E-state index in [2.05, 4.69) is 18.7 Å². The fourth-order valence-corrected chi connectivity index (χ4v) is 2.79. The topological polar surface area (TPSA) is 29.3 Å². The van der Waals surface area contributed by atoms with Gasteiger partial charge < -0.3 is 5.73 Å². The van der Waals surface area contributed by atoms with E-state index in [9.17, 15) is 13.2 Å². The summed E-state index contributed by atoms with van der Waals surface area (Å²) >= 11 is 0. The van der Waals surface area contributed by atoms with Crippen LogP contribution in [0.1, 0.15) is 31.4 Å². The second kappa shape index (κ2) is 5.64. The molecule has 0 saturated carbocycles. The van der Waals surface area contributed by atoms with Crippen LogP contribution in [0.3, 0.4) is 0 Å². The zero-order valence-corrected chi connectivity index (χ0v) is 11.9. The second-order valence-corrected chi connectivity index (χ2v) is 5.94. The van der Waals surface area contributed by atoms with Gasteiger partial charge in [0.1, 0.15) is 0 Å². The van der Waals surface area contributed by atoms with Crippen LogP contribution in [0.5, 0.6) is 0 Å². The van der Waals surface area contributed by atoms with Crippen LogP contribution in [0.15, 0.2) is 18.2 Å². The van der Waals surface area contributed by atoms with E-state index >= 15 is 0 Å². The first-order valence-electron chi connectivity index (χ1n) is 6.95. The zero-order chi connectivity index (χ0) is 14.9. The highest BCUT2D eigenvalue weighted by Crippen LogP contribution is 2.35. The molecule has 1 aromatic rings. The lowest BCUT2D eigenvalue weighted by molar-refractivity contribution is -0.138. The zero-order valence-electron chi connectivity index (χ0n) is 11.9. The molecule has 1 saturated heterocycles. The molecule has 2 nitrogen and oxygen atoms in total. The van der Waals surface area contributed by atoms with E-state index in [0.29, 0.717) is 23.9 Å². The lowest BCUT2D eigenvalue weighted by Gasteiger charge is -2.20. The molecule has 0 aliphatic carbocycles. The van der Waals surface area contributed by atoms with Crippen LogP contribution < -0.4 is 5.73 Å². The average Bonchev–Trinajstić information content (AvgIpc) is 2.79. The highest BCUT2D eigenvalue weighted by atomic mass is 19.4. The Balaban J connectivity index is 2.14. The number of benzene rings is 1. The lowest BCUT2D eigenvalue weighted by atomic mass is 9.95. The summed E-state index contributed by atoms with van der Waals surface area (Å²) in [5, 5.41) is 0. The fraction of sp³-hybridized carbons (Fsp3) is 0.600. The molecule has 1 heterocycles. The van der Waals surface area contributed by atoms with Crippen molar-refractivity contribution in [2.24, 2.45) is 11.8 Å². The third-order valence-corrected chi connectivity index (χ3v) is 4.08. The van der Waals surface area contributed by atoms with Gasteiger partial charge in [-0.1, -0.05) is 19.9 Å². The molecule has 0 radical (unpaired) electrons. The molecular weight excluding hydrogens is 265 g/mol. The van der Waals surface area contributed by atoms with Gasteiger partial charge >= 0.3 is 6.18 Å². The molecule has 1 atom stereocenters. The molecule has 2 N–H and O–H groups in total. The third kappa shape index (κ3) is 3.45. The summed E-state index contributed by atoms with van der Waals surface area (Å²) in [5.41, 5.74) is 5.35. The Morgan fingerprint density at radius 2 is 2.05 bits per heavy atom. The van der Waals surface area contributed by atoms with E-state index in [0.717, 1.165) is 25.6 Å². The number of nitrogen functional groups attached to an aromatic ring is 1. The summed E-state index contributed by atoms with van der Waals surface area (Å²) in [6, 6.07) is 4.08. The van der Waals surface area contributed by atoms with Gasteiger partial charge in [0, 0.05) is 18.8 Å². The number of nitrogens with zero attached hydrogens (tertiary/aromatic N) is 1. The van der Waals surface area contributed by atoms with Crippen molar-refractivity contribution in [3.63, 3.8) is 0 Å². The van der Waals surface area contributed by atoms with E-state index in [1.165, 1.54) is 6.07 Å². The number of hydrogen-bond donors (Lipinski definition) is 1. The van der Waals surface area contributed by atoms with Gasteiger partial charge in [-0.3, -0.25) is 4.90 Å². The quantitative estimate of drug-likeness (QED) is 0.857. The van der Waals surface area contributed by atoms with Crippen molar-refractivity contribution in [1.82, 2.24) is 4.90 Å². The average molecular weight is 286 g/mol. The van der Waals surface area contributed by atoms with Crippen LogP contribution in [-0.2, 0) is 12.7 Å². The Kier molecular flexibility index (Phi) is 4.28. The van der Waals surface area contributed by atoms with Gasteiger partial charge in [-0.25, -0.2) is 0 Å². The highest BCUT2D eigenvalue weighted by molar-refractivity contribution is 5.46. The Bertz CT molecular complexity index is 469. The molecule has 0 bridgehead atoms. The predicted molar refractivity (Wildman–Crippen MR) is 74.1 cm³/mol. The molecule has 20 heavy (non-hydrogen) atoms. The first-order chi connectivity index (χ1) is 9.27. The van der Waals surface area contributed by atoms with Gasteiger partial charge in [-0.2, -0.15) is 13.2 Å². The van der Waals surface area contributed by atoms with Crippen molar-refractivity contribution in [1.29, 1.82) is 0 Å². The summed E-state index contributed by atoms with van der Waals surface area (Å²) in [4.78, 5) is 2.10. The number of rotatable bonds is 3. The molecule has 0 spiro atoms. The van der Waals surface area contributed by atoms with Crippen LogP contribution in [0, 0.1) is 11.8 Å². The summed E-state index contributed by atoms with van der Waals surface area (Å²) in [5.74, 6) is 1.16. The third-order valence-electron chi connectivity index (χ3n) is 4.08. The van der Waals surface area contributed by atoms with E-state index in [-0.39, 0.29) is 5.69 Å². The van der Waals surface area contributed by atoms with Crippen molar-refractivity contribution in [2.75, 3.05) is 18.8 Å². The van der Waals surface area contributed by atoms with Crippen molar-refractivity contribution in [2.45, 2.75) is 33.0 Å². The lowest BCUT2D eigenvalue weighted by Crippen LogP contribution is -2.23. The predicted octanol–water partition coefficient (Wildman–Crippen LogP) is 3.77. The van der Waals surface area contributed by atoms with Crippen LogP contribution in [0.25, 0.3) is 0 Å². The molecule has 1 aromatic carbocycles. The number of alkyl halides is 3. The Hall–Kier alpha value is -1.23. The van der Waals surface area contributed by atoms with E-state index in [1.54, 1.807) is 6.07 Å². The molecule has 0 amide bonds. The molecule has 2 rings (SSSR count). The van der Waals surface area contributed by atoms with Gasteiger partial charge in [0.15, 0.2) is 0 Å². The molecule has 1 aliphatic heterocycles. The highest BCUT2D eigenvalue weighted by Gasteiger charge is 2.34. The smallest absolute Gasteiger partial charge is 0.399 e. The molecular formula is C15H21F3N2. The minimum absolute atomic E-state index is 0.155. The van der Waals surface area contributed by atoms with Crippen molar-refractivity contribution >= 4 is 5.69 Å². The maximum absolute atomic E-state index is 13.0. The van der Waals surface area contributed by atoms with Crippen LogP contribution in [0.4, 0.5) is 18.9 Å². The van der Waals surface area contributed by atoms with Crippen LogP contribution >= 0.6 is 0 Å². The molecule has 112 valence electrons. The van der Waals surface area contributed by atoms with Gasteiger partial charge in [-0.15, -0.1) is 0 Å². The van der Waals surface area contributed by atoms with Crippen molar-refractivity contribution in [3.05, 3.63) is 29.3 Å². The van der Waals surface area contributed by atoms with Gasteiger partial charge in [0.05, 0.1) is 5.56 Å². The maximum atomic E-state index is 13.0. The van der Waals surface area contributed by atoms with Crippen molar-refractivity contribution in [3.8, 4) is 0 Å². The second-order valence-electron chi connectivity index (χ2n) is 5.94. The summed E-state index contributed by atoms with van der Waals surface area (Å²) in [6.45, 7) is 6.42. The van der Waals surface area contributed by atoms with E-state index in [1.807, 2.05) is 0 Å². The van der Waals surface area contributed by atoms with Gasteiger partial charge in [0.2, 0.25) is 0 Å². The molecule has 5 heteroatoms. The van der Waals surface area contributed by atoms with Crippen LogP contribution in [-0.4, -0.2) is 18.0 Å².